The molecular formula is C15H14N4O5. The van der Waals surface area contributed by atoms with Crippen molar-refractivity contribution in [2.75, 3.05) is 7.11 Å². The van der Waals surface area contributed by atoms with Gasteiger partial charge < -0.3 is 4.74 Å². The summed E-state index contributed by atoms with van der Waals surface area (Å²) in [4.78, 5) is 27.7. The third kappa shape index (κ3) is 2.34. The summed E-state index contributed by atoms with van der Waals surface area (Å²) in [5.74, 6) is -1.55. The lowest BCUT2D eigenvalue weighted by Gasteiger charge is -2.27. The van der Waals surface area contributed by atoms with Crippen LogP contribution in [0.2, 0.25) is 0 Å². The third-order valence-electron chi connectivity index (χ3n) is 4.07. The summed E-state index contributed by atoms with van der Waals surface area (Å²) in [5, 5.41) is 19.3. The van der Waals surface area contributed by atoms with E-state index in [0.717, 1.165) is 0 Å². The number of methoxy groups -OCH3 is 1. The van der Waals surface area contributed by atoms with Crippen molar-refractivity contribution >= 4 is 22.7 Å². The van der Waals surface area contributed by atoms with E-state index in [-0.39, 0.29) is 5.57 Å². The maximum absolute atomic E-state index is 12.3. The normalized spacial score (nSPS) is 20.9. The highest BCUT2D eigenvalue weighted by molar-refractivity contribution is 5.99. The predicted molar refractivity (Wildman–Crippen MR) is 83.2 cm³/mol. The minimum absolute atomic E-state index is 0.139. The van der Waals surface area contributed by atoms with Gasteiger partial charge >= 0.3 is 5.97 Å². The fourth-order valence-corrected chi connectivity index (χ4v) is 3.08. The van der Waals surface area contributed by atoms with Crippen LogP contribution in [0.15, 0.2) is 39.1 Å². The summed E-state index contributed by atoms with van der Waals surface area (Å²) >= 11 is 0. The molecule has 0 fully saturated rings. The van der Waals surface area contributed by atoms with Crippen LogP contribution in [0.3, 0.4) is 0 Å². The summed E-state index contributed by atoms with van der Waals surface area (Å²) < 4.78 is 9.56. The number of hydrogen-bond acceptors (Lipinski definition) is 8. The second kappa shape index (κ2) is 5.84. The van der Waals surface area contributed by atoms with E-state index in [9.17, 15) is 14.9 Å². The zero-order chi connectivity index (χ0) is 17.4. The maximum Gasteiger partial charge on any atom is 0.336 e. The van der Waals surface area contributed by atoms with Gasteiger partial charge in [-0.1, -0.05) is 12.1 Å². The van der Waals surface area contributed by atoms with Crippen molar-refractivity contribution in [1.29, 1.82) is 0 Å². The van der Waals surface area contributed by atoms with Gasteiger partial charge in [-0.25, -0.2) is 9.42 Å². The average Bonchev–Trinajstić information content (AvgIpc) is 3.01. The lowest BCUT2D eigenvalue weighted by atomic mass is 9.80. The first-order chi connectivity index (χ1) is 11.5. The van der Waals surface area contributed by atoms with Gasteiger partial charge in [0.25, 0.3) is 6.04 Å². The topological polar surface area (TPSA) is 121 Å². The first kappa shape index (κ1) is 15.8. The zero-order valence-corrected chi connectivity index (χ0v) is 13.2. The smallest absolute Gasteiger partial charge is 0.336 e. The Hall–Kier alpha value is -3.10. The summed E-state index contributed by atoms with van der Waals surface area (Å²) in [5.41, 5.74) is 2.14. The largest absolute Gasteiger partial charge is 0.466 e. The Morgan fingerprint density at radius 3 is 2.75 bits per heavy atom. The molecule has 124 valence electrons. The van der Waals surface area contributed by atoms with E-state index >= 15 is 0 Å². The molecule has 0 saturated carbocycles. The lowest BCUT2D eigenvalue weighted by molar-refractivity contribution is -0.505. The zero-order valence-electron chi connectivity index (χ0n) is 13.2. The molecule has 2 aromatic rings. The molecule has 0 radical (unpaired) electrons. The number of esters is 1. The van der Waals surface area contributed by atoms with Crippen LogP contribution >= 0.6 is 0 Å². The van der Waals surface area contributed by atoms with E-state index in [0.29, 0.717) is 28.0 Å². The predicted octanol–water partition coefficient (Wildman–Crippen LogP) is 1.87. The summed E-state index contributed by atoms with van der Waals surface area (Å²) in [6, 6.07) is 3.83. The molecule has 1 aliphatic rings. The van der Waals surface area contributed by atoms with Crippen molar-refractivity contribution in [3.05, 3.63) is 45.1 Å². The Labute approximate surface area is 136 Å². The van der Waals surface area contributed by atoms with Crippen molar-refractivity contribution in [1.82, 2.24) is 10.3 Å². The van der Waals surface area contributed by atoms with Crippen LogP contribution in [0, 0.1) is 10.1 Å². The van der Waals surface area contributed by atoms with Crippen molar-refractivity contribution in [3.8, 4) is 0 Å². The SMILES string of the molecule is COC(=O)C1=C(C)N=C(C)C([N+](=O)[O-])C1c1cccc2nonc12. The number of aromatic nitrogens is 2. The van der Waals surface area contributed by atoms with E-state index in [2.05, 4.69) is 15.3 Å². The Morgan fingerprint density at radius 2 is 2.08 bits per heavy atom. The lowest BCUT2D eigenvalue weighted by Crippen LogP contribution is -2.40. The maximum atomic E-state index is 12.3. The molecular weight excluding hydrogens is 316 g/mol. The number of hydrogen-bond donors (Lipinski definition) is 0. The van der Waals surface area contributed by atoms with Crippen LogP contribution < -0.4 is 0 Å². The summed E-state index contributed by atoms with van der Waals surface area (Å²) in [6.07, 6.45) is 0. The molecule has 0 aliphatic carbocycles. The van der Waals surface area contributed by atoms with Gasteiger partial charge in [0.2, 0.25) is 0 Å². The molecule has 0 spiro atoms. The molecule has 0 saturated heterocycles. The highest BCUT2D eigenvalue weighted by Gasteiger charge is 2.45. The molecule has 9 nitrogen and oxygen atoms in total. The molecule has 9 heteroatoms. The van der Waals surface area contributed by atoms with E-state index in [4.69, 9.17) is 9.37 Å². The second-order valence-corrected chi connectivity index (χ2v) is 5.43. The van der Waals surface area contributed by atoms with Gasteiger partial charge in [0, 0.05) is 10.6 Å². The minimum atomic E-state index is -1.20. The van der Waals surface area contributed by atoms with Crippen LogP contribution in [-0.2, 0) is 9.53 Å². The summed E-state index contributed by atoms with van der Waals surface area (Å²) in [7, 11) is 1.23. The number of allylic oxidation sites excluding steroid dienone is 1. The Bertz CT molecular complexity index is 898. The fourth-order valence-electron chi connectivity index (χ4n) is 3.08. The number of fused-ring (bicyclic) bond motifs is 1. The van der Waals surface area contributed by atoms with E-state index in [1.165, 1.54) is 7.11 Å². The van der Waals surface area contributed by atoms with E-state index < -0.39 is 22.9 Å². The van der Waals surface area contributed by atoms with Crippen LogP contribution in [0.5, 0.6) is 0 Å². The van der Waals surface area contributed by atoms with Gasteiger partial charge in [0.1, 0.15) is 11.0 Å². The highest BCUT2D eigenvalue weighted by Crippen LogP contribution is 2.39. The fraction of sp³-hybridized carbons (Fsp3) is 0.333. The minimum Gasteiger partial charge on any atom is -0.466 e. The highest BCUT2D eigenvalue weighted by atomic mass is 16.6. The van der Waals surface area contributed by atoms with Crippen molar-refractivity contribution in [2.24, 2.45) is 4.99 Å². The standard InChI is InChI=1S/C15H14N4O5/c1-7-11(15(20)23-3)12(14(19(21)22)8(2)16-7)9-5-4-6-10-13(9)18-24-17-10/h4-6,12,14H,1-3H3. The molecule has 0 amide bonds. The number of benzene rings is 1. The van der Waals surface area contributed by atoms with Crippen LogP contribution in [0.4, 0.5) is 0 Å². The number of aliphatic imine (C=N–C) groups is 1. The number of nitro groups is 1. The molecule has 2 atom stereocenters. The average molecular weight is 330 g/mol. The molecule has 2 unspecified atom stereocenters. The van der Waals surface area contributed by atoms with Crippen molar-refractivity contribution in [3.63, 3.8) is 0 Å². The van der Waals surface area contributed by atoms with Gasteiger partial charge in [0.15, 0.2) is 0 Å². The van der Waals surface area contributed by atoms with Gasteiger partial charge in [-0.05, 0) is 35.8 Å². The molecule has 24 heavy (non-hydrogen) atoms. The molecule has 3 rings (SSSR count). The first-order valence-corrected chi connectivity index (χ1v) is 7.14. The Kier molecular flexibility index (Phi) is 3.84. The molecule has 0 N–H and O–H groups in total. The number of carbonyl (C=O) groups is 1. The monoisotopic (exact) mass is 330 g/mol. The number of rotatable bonds is 3. The Balaban J connectivity index is 2.30. The number of nitrogens with zero attached hydrogens (tertiary/aromatic N) is 4. The van der Waals surface area contributed by atoms with E-state index in [1.807, 2.05) is 0 Å². The van der Waals surface area contributed by atoms with Crippen LogP contribution in [0.1, 0.15) is 25.3 Å². The Morgan fingerprint density at radius 1 is 1.33 bits per heavy atom. The number of ether oxygens (including phenoxy) is 1. The van der Waals surface area contributed by atoms with Crippen molar-refractivity contribution in [2.45, 2.75) is 25.8 Å². The molecule has 0 bridgehead atoms. The van der Waals surface area contributed by atoms with Crippen LogP contribution in [0.25, 0.3) is 11.0 Å². The summed E-state index contributed by atoms with van der Waals surface area (Å²) in [6.45, 7) is 3.19. The second-order valence-electron chi connectivity index (χ2n) is 5.43. The van der Waals surface area contributed by atoms with E-state index in [1.54, 1.807) is 32.0 Å². The third-order valence-corrected chi connectivity index (χ3v) is 4.07. The molecule has 2 heterocycles. The number of carbonyl (C=O) groups excluding carboxylic acids is 1. The van der Waals surface area contributed by atoms with Gasteiger partial charge in [-0.2, -0.15) is 0 Å². The van der Waals surface area contributed by atoms with Gasteiger partial charge in [-0.3, -0.25) is 15.1 Å². The van der Waals surface area contributed by atoms with Crippen molar-refractivity contribution < 1.29 is 19.1 Å². The quantitative estimate of drug-likeness (QED) is 0.478. The molecule has 1 aliphatic heterocycles. The van der Waals surface area contributed by atoms with Gasteiger partial charge in [-0.15, -0.1) is 0 Å². The van der Waals surface area contributed by atoms with Gasteiger partial charge in [0.05, 0.1) is 24.3 Å². The first-order valence-electron chi connectivity index (χ1n) is 7.14. The molecule has 1 aromatic heterocycles. The van der Waals surface area contributed by atoms with Crippen LogP contribution in [-0.4, -0.2) is 40.1 Å². The molecule has 1 aromatic carbocycles.